The van der Waals surface area contributed by atoms with Crippen LogP contribution >= 0.6 is 0 Å². The predicted molar refractivity (Wildman–Crippen MR) is 146 cm³/mol. The summed E-state index contributed by atoms with van der Waals surface area (Å²) < 4.78 is 67.8. The molecule has 208 valence electrons. The number of halogens is 3. The van der Waals surface area contributed by atoms with E-state index in [2.05, 4.69) is 36.5 Å². The molecule has 0 bridgehead atoms. The number of hydrogen-bond donors (Lipinski definition) is 1. The Bertz CT molecular complexity index is 1470. The number of alkyl halides is 3. The molecule has 3 aromatic rings. The highest BCUT2D eigenvalue weighted by molar-refractivity contribution is 7.90. The van der Waals surface area contributed by atoms with Crippen LogP contribution in [0.25, 0.3) is 0 Å². The highest BCUT2D eigenvalue weighted by Crippen LogP contribution is 2.38. The maximum Gasteiger partial charge on any atom is 0.425 e. The summed E-state index contributed by atoms with van der Waals surface area (Å²) in [5, 5.41) is 3.35. The lowest BCUT2D eigenvalue weighted by molar-refractivity contribution is -0.189. The quantitative estimate of drug-likeness (QED) is 0.400. The maximum absolute atomic E-state index is 13.3. The van der Waals surface area contributed by atoms with Crippen LogP contribution in [0.5, 0.6) is 5.75 Å². The molecule has 39 heavy (non-hydrogen) atoms. The minimum absolute atomic E-state index is 0.0340. The Morgan fingerprint density at radius 2 is 1.64 bits per heavy atom. The Balaban J connectivity index is 0.000000292. The van der Waals surface area contributed by atoms with Gasteiger partial charge in [0.15, 0.2) is 15.9 Å². The molecule has 2 heterocycles. The third-order valence-corrected chi connectivity index (χ3v) is 8.03. The normalized spacial score (nSPS) is 18.8. The number of carbonyl (C=O) groups excluding carboxylic acids is 1. The van der Waals surface area contributed by atoms with Crippen LogP contribution in [0.3, 0.4) is 0 Å². The van der Waals surface area contributed by atoms with Crippen LogP contribution in [0.4, 0.5) is 24.5 Å². The van der Waals surface area contributed by atoms with Gasteiger partial charge >= 0.3 is 6.18 Å². The first-order valence-corrected chi connectivity index (χ1v) is 14.5. The van der Waals surface area contributed by atoms with E-state index < -0.39 is 28.0 Å². The molecule has 0 spiro atoms. The van der Waals surface area contributed by atoms with Gasteiger partial charge in [-0.25, -0.2) is 8.42 Å². The van der Waals surface area contributed by atoms with Crippen molar-refractivity contribution in [3.05, 3.63) is 83.4 Å². The summed E-state index contributed by atoms with van der Waals surface area (Å²) in [6.07, 6.45) is -5.84. The Morgan fingerprint density at radius 1 is 1.00 bits per heavy atom. The van der Waals surface area contributed by atoms with Gasteiger partial charge in [-0.15, -0.1) is 0 Å². The van der Waals surface area contributed by atoms with Gasteiger partial charge in [-0.2, -0.15) is 13.2 Å². The number of fused-ring (bicyclic) bond motifs is 2. The molecule has 5 rings (SSSR count). The zero-order valence-corrected chi connectivity index (χ0v) is 22.9. The van der Waals surface area contributed by atoms with Crippen molar-refractivity contribution in [3.8, 4) is 5.75 Å². The summed E-state index contributed by atoms with van der Waals surface area (Å²) in [6, 6.07) is 19.0. The van der Waals surface area contributed by atoms with E-state index in [1.165, 1.54) is 16.2 Å². The lowest BCUT2D eigenvalue weighted by Gasteiger charge is -2.23. The van der Waals surface area contributed by atoms with Crippen molar-refractivity contribution in [2.75, 3.05) is 29.6 Å². The highest BCUT2D eigenvalue weighted by atomic mass is 32.2. The van der Waals surface area contributed by atoms with Crippen LogP contribution in [-0.2, 0) is 9.84 Å². The van der Waals surface area contributed by atoms with Gasteiger partial charge in [0.2, 0.25) is 0 Å². The first-order valence-electron chi connectivity index (χ1n) is 12.6. The van der Waals surface area contributed by atoms with E-state index in [9.17, 15) is 26.4 Å². The lowest BCUT2D eigenvalue weighted by Crippen LogP contribution is -2.33. The maximum atomic E-state index is 13.3. The average Bonchev–Trinajstić information content (AvgIpc) is 3.43. The Kier molecular flexibility index (Phi) is 7.97. The number of amides is 1. The second kappa shape index (κ2) is 10.9. The van der Waals surface area contributed by atoms with Crippen molar-refractivity contribution in [2.24, 2.45) is 0 Å². The smallest absolute Gasteiger partial charge is 0.425 e. The van der Waals surface area contributed by atoms with Crippen LogP contribution in [0.15, 0.2) is 71.6 Å². The second-order valence-electron chi connectivity index (χ2n) is 9.98. The van der Waals surface area contributed by atoms with Crippen molar-refractivity contribution in [1.29, 1.82) is 0 Å². The van der Waals surface area contributed by atoms with Crippen LogP contribution in [0.2, 0.25) is 0 Å². The largest absolute Gasteiger partial charge is 0.480 e. The fraction of sp³-hybridized carbons (Fsp3) is 0.345. The van der Waals surface area contributed by atoms with E-state index in [1.54, 1.807) is 12.1 Å². The van der Waals surface area contributed by atoms with Crippen LogP contribution < -0.4 is 15.0 Å². The SMILES string of the molecule is CC1CN(C(=O)c2cc(S(C)(=O)=O)ccc2O[C@@H](C)C(F)(F)F)c2ccccc21.CC1CNc2ccccc21. The van der Waals surface area contributed by atoms with E-state index in [0.717, 1.165) is 43.5 Å². The summed E-state index contributed by atoms with van der Waals surface area (Å²) in [6.45, 7) is 6.43. The summed E-state index contributed by atoms with van der Waals surface area (Å²) in [7, 11) is -3.68. The highest BCUT2D eigenvalue weighted by Gasteiger charge is 2.39. The molecule has 2 aliphatic rings. The number of ether oxygens (including phenoxy) is 1. The van der Waals surface area contributed by atoms with Gasteiger partial charge in [-0.05, 0) is 48.4 Å². The number of carbonyl (C=O) groups is 1. The fourth-order valence-electron chi connectivity index (χ4n) is 4.69. The molecular formula is C29H31F3N2O4S. The van der Waals surface area contributed by atoms with Gasteiger partial charge < -0.3 is 15.0 Å². The first kappa shape index (κ1) is 28.5. The molecule has 0 aliphatic carbocycles. The number of nitrogens with zero attached hydrogens (tertiary/aromatic N) is 1. The number of benzene rings is 3. The minimum atomic E-state index is -4.63. The topological polar surface area (TPSA) is 75.7 Å². The van der Waals surface area contributed by atoms with Gasteiger partial charge in [0.1, 0.15) is 5.75 Å². The van der Waals surface area contributed by atoms with E-state index in [1.807, 2.05) is 19.1 Å². The molecule has 6 nitrogen and oxygen atoms in total. The molecule has 1 N–H and O–H groups in total. The number of hydrogen-bond acceptors (Lipinski definition) is 5. The van der Waals surface area contributed by atoms with Gasteiger partial charge in [0.25, 0.3) is 5.91 Å². The van der Waals surface area contributed by atoms with Crippen LogP contribution in [0.1, 0.15) is 54.1 Å². The number of nitrogens with one attached hydrogen (secondary N) is 1. The number of anilines is 2. The molecule has 1 amide bonds. The molecule has 10 heteroatoms. The van der Waals surface area contributed by atoms with Crippen molar-refractivity contribution < 1.29 is 31.1 Å². The van der Waals surface area contributed by atoms with Gasteiger partial charge in [0, 0.05) is 42.6 Å². The van der Waals surface area contributed by atoms with Crippen LogP contribution in [-0.4, -0.2) is 46.0 Å². The zero-order valence-electron chi connectivity index (χ0n) is 22.1. The Labute approximate surface area is 226 Å². The molecule has 0 aromatic heterocycles. The molecule has 0 radical (unpaired) electrons. The summed E-state index contributed by atoms with van der Waals surface area (Å²) in [4.78, 5) is 14.5. The standard InChI is InChI=1S/C20H20F3NO4S.C9H11N/c1-12-11-24(17-7-5-4-6-15(12)17)19(25)16-10-14(29(3,26)27)8-9-18(16)28-13(2)20(21,22)23;1-7-6-10-9-5-3-2-4-8(7)9/h4-10,12-13H,11H2,1-3H3;2-5,7,10H,6H2,1H3/t12?,13-;/m0./s1. The first-order chi connectivity index (χ1) is 18.3. The van der Waals surface area contributed by atoms with Crippen molar-refractivity contribution in [1.82, 2.24) is 0 Å². The third kappa shape index (κ3) is 6.21. The zero-order chi connectivity index (χ0) is 28.5. The summed E-state index contributed by atoms with van der Waals surface area (Å²) in [5.41, 5.74) is 4.13. The third-order valence-electron chi connectivity index (χ3n) is 6.92. The van der Waals surface area contributed by atoms with E-state index in [0.29, 0.717) is 18.2 Å². The van der Waals surface area contributed by atoms with E-state index >= 15 is 0 Å². The molecule has 0 fully saturated rings. The number of para-hydroxylation sites is 2. The fourth-order valence-corrected chi connectivity index (χ4v) is 5.33. The monoisotopic (exact) mass is 560 g/mol. The summed E-state index contributed by atoms with van der Waals surface area (Å²) >= 11 is 0. The van der Waals surface area contributed by atoms with Gasteiger partial charge in [0.05, 0.1) is 10.5 Å². The van der Waals surface area contributed by atoms with Gasteiger partial charge in [-0.3, -0.25) is 4.79 Å². The minimum Gasteiger partial charge on any atom is -0.480 e. The number of rotatable bonds is 4. The Hall–Kier alpha value is -3.53. The van der Waals surface area contributed by atoms with Crippen molar-refractivity contribution in [2.45, 2.75) is 49.8 Å². The molecule has 3 atom stereocenters. The van der Waals surface area contributed by atoms with E-state index in [-0.39, 0.29) is 22.1 Å². The average molecular weight is 561 g/mol. The Morgan fingerprint density at radius 3 is 2.28 bits per heavy atom. The van der Waals surface area contributed by atoms with Crippen molar-refractivity contribution >= 4 is 27.1 Å². The molecular weight excluding hydrogens is 529 g/mol. The predicted octanol–water partition coefficient (Wildman–Crippen LogP) is 6.40. The van der Waals surface area contributed by atoms with E-state index in [4.69, 9.17) is 4.74 Å². The lowest BCUT2D eigenvalue weighted by atomic mass is 10.0. The molecule has 2 aliphatic heterocycles. The molecule has 0 saturated heterocycles. The van der Waals surface area contributed by atoms with Crippen LogP contribution in [0, 0.1) is 0 Å². The van der Waals surface area contributed by atoms with Gasteiger partial charge in [-0.1, -0.05) is 50.2 Å². The van der Waals surface area contributed by atoms with Crippen molar-refractivity contribution in [3.63, 3.8) is 0 Å². The number of sulfone groups is 1. The molecule has 3 aromatic carbocycles. The molecule has 0 saturated carbocycles. The molecule has 2 unspecified atom stereocenters. The summed E-state index contributed by atoms with van der Waals surface area (Å²) in [5.74, 6) is -0.205. The second-order valence-corrected chi connectivity index (χ2v) is 12.0.